The van der Waals surface area contributed by atoms with Crippen molar-refractivity contribution in [2.45, 2.75) is 31.8 Å². The second-order valence-corrected chi connectivity index (χ2v) is 7.39. The van der Waals surface area contributed by atoms with Crippen molar-refractivity contribution in [3.05, 3.63) is 36.0 Å². The van der Waals surface area contributed by atoms with Crippen LogP contribution in [0.4, 0.5) is 16.3 Å². The van der Waals surface area contributed by atoms with Gasteiger partial charge in [-0.1, -0.05) is 0 Å². The fraction of sp³-hybridized carbons (Fsp3) is 0.450. The Morgan fingerprint density at radius 1 is 1.21 bits per heavy atom. The van der Waals surface area contributed by atoms with Gasteiger partial charge in [0.2, 0.25) is 0 Å². The summed E-state index contributed by atoms with van der Waals surface area (Å²) < 4.78 is 0. The molecule has 0 unspecified atom stereocenters. The second kappa shape index (κ2) is 9.48. The number of aromatic nitrogens is 2. The van der Waals surface area contributed by atoms with Crippen LogP contribution in [0.3, 0.4) is 0 Å². The average molecular weight is 384 g/mol. The quantitative estimate of drug-likeness (QED) is 0.494. The lowest BCUT2D eigenvalue weighted by molar-refractivity contribution is 0.251. The highest BCUT2D eigenvalue weighted by Crippen LogP contribution is 2.21. The van der Waals surface area contributed by atoms with E-state index in [4.69, 9.17) is 5.73 Å². The Kier molecular flexibility index (Phi) is 6.78. The zero-order chi connectivity index (χ0) is 19.9. The molecule has 5 N–H and O–H groups in total. The van der Waals surface area contributed by atoms with Crippen molar-refractivity contribution in [1.82, 2.24) is 25.5 Å². The van der Waals surface area contributed by atoms with Crippen LogP contribution < -0.4 is 21.7 Å². The summed E-state index contributed by atoms with van der Waals surface area (Å²) in [5.74, 6) is 1.03. The van der Waals surface area contributed by atoms with Gasteiger partial charge in [0.05, 0.1) is 5.69 Å². The fourth-order valence-corrected chi connectivity index (χ4v) is 2.76. The van der Waals surface area contributed by atoms with E-state index < -0.39 is 0 Å². The second-order valence-electron chi connectivity index (χ2n) is 7.39. The van der Waals surface area contributed by atoms with Gasteiger partial charge in [-0.2, -0.15) is 0 Å². The van der Waals surface area contributed by atoms with Gasteiger partial charge in [-0.3, -0.25) is 0 Å². The van der Waals surface area contributed by atoms with Crippen molar-refractivity contribution in [1.29, 1.82) is 0 Å². The molecule has 1 aliphatic rings. The number of nitrogens with one attached hydrogen (secondary N) is 3. The molecule has 1 heterocycles. The summed E-state index contributed by atoms with van der Waals surface area (Å²) in [5, 5.41) is 9.12. The summed E-state index contributed by atoms with van der Waals surface area (Å²) in [6.07, 6.45) is 3.20. The van der Waals surface area contributed by atoms with Gasteiger partial charge >= 0.3 is 6.03 Å². The van der Waals surface area contributed by atoms with Crippen molar-refractivity contribution >= 4 is 17.5 Å². The van der Waals surface area contributed by atoms with Crippen LogP contribution in [-0.2, 0) is 6.54 Å². The Morgan fingerprint density at radius 2 is 1.96 bits per heavy atom. The molecule has 0 radical (unpaired) electrons. The van der Waals surface area contributed by atoms with E-state index in [2.05, 4.69) is 44.9 Å². The highest BCUT2D eigenvalue weighted by Gasteiger charge is 2.23. The number of benzene rings is 1. The molecule has 150 valence electrons. The first-order chi connectivity index (χ1) is 13.5. The van der Waals surface area contributed by atoms with Gasteiger partial charge in [0.1, 0.15) is 5.82 Å². The van der Waals surface area contributed by atoms with Crippen molar-refractivity contribution in [3.63, 3.8) is 0 Å². The smallest absolute Gasteiger partial charge is 0.319 e. The first-order valence-corrected chi connectivity index (χ1v) is 9.66. The van der Waals surface area contributed by atoms with Crippen LogP contribution in [0.5, 0.6) is 0 Å². The summed E-state index contributed by atoms with van der Waals surface area (Å²) in [5.41, 5.74) is 8.41. The SMILES string of the molecule is CN(C)CCCNCc1cc(N)nc(-c2ccc(NC(=O)NC3CC3)cc2)n1. The van der Waals surface area contributed by atoms with E-state index >= 15 is 0 Å². The van der Waals surface area contributed by atoms with Crippen LogP contribution in [0, 0.1) is 0 Å². The summed E-state index contributed by atoms with van der Waals surface area (Å²) >= 11 is 0. The number of nitrogen functional groups attached to an aromatic ring is 1. The molecule has 1 aliphatic carbocycles. The van der Waals surface area contributed by atoms with Crippen LogP contribution in [0.2, 0.25) is 0 Å². The third-order valence-electron chi connectivity index (χ3n) is 4.38. The highest BCUT2D eigenvalue weighted by atomic mass is 16.2. The van der Waals surface area contributed by atoms with Gasteiger partial charge < -0.3 is 26.6 Å². The number of hydrogen-bond acceptors (Lipinski definition) is 6. The van der Waals surface area contributed by atoms with Gasteiger partial charge in [-0.25, -0.2) is 14.8 Å². The van der Waals surface area contributed by atoms with Crippen molar-refractivity contribution < 1.29 is 4.79 Å². The maximum Gasteiger partial charge on any atom is 0.319 e. The molecule has 0 atom stereocenters. The summed E-state index contributed by atoms with van der Waals surface area (Å²) in [7, 11) is 4.13. The number of rotatable bonds is 9. The van der Waals surface area contributed by atoms with Gasteiger partial charge in [0.15, 0.2) is 5.82 Å². The van der Waals surface area contributed by atoms with Gasteiger partial charge in [0, 0.05) is 29.9 Å². The molecule has 8 nitrogen and oxygen atoms in total. The van der Waals surface area contributed by atoms with E-state index in [0.29, 0.717) is 24.2 Å². The number of carbonyl (C=O) groups is 1. The standard InChI is InChI=1S/C20H29N7O/c1-27(2)11-3-10-22-13-17-12-18(21)26-19(23-17)14-4-6-15(7-5-14)24-20(28)25-16-8-9-16/h4-7,12,16,22H,3,8-11,13H2,1-2H3,(H2,21,23,26)(H2,24,25,28). The van der Waals surface area contributed by atoms with Crippen LogP contribution in [0.25, 0.3) is 11.4 Å². The average Bonchev–Trinajstić information content (AvgIpc) is 3.45. The largest absolute Gasteiger partial charge is 0.384 e. The van der Waals surface area contributed by atoms with E-state index in [0.717, 1.165) is 49.3 Å². The zero-order valence-electron chi connectivity index (χ0n) is 16.5. The number of hydrogen-bond donors (Lipinski definition) is 4. The molecule has 1 saturated carbocycles. The molecule has 8 heteroatoms. The molecule has 0 spiro atoms. The van der Waals surface area contributed by atoms with Gasteiger partial charge in [-0.05, 0) is 70.7 Å². The van der Waals surface area contributed by atoms with Crippen LogP contribution in [-0.4, -0.2) is 54.1 Å². The molecule has 1 aromatic heterocycles. The molecule has 3 rings (SSSR count). The normalized spacial score (nSPS) is 13.5. The number of nitrogens with zero attached hydrogens (tertiary/aromatic N) is 3. The van der Waals surface area contributed by atoms with E-state index in [-0.39, 0.29) is 6.03 Å². The molecule has 0 aliphatic heterocycles. The Hall–Kier alpha value is -2.71. The van der Waals surface area contributed by atoms with Crippen molar-refractivity contribution in [2.75, 3.05) is 38.2 Å². The topological polar surface area (TPSA) is 108 Å². The first-order valence-electron chi connectivity index (χ1n) is 9.66. The number of amides is 2. The molecule has 2 aromatic rings. The third kappa shape index (κ3) is 6.47. The molecular formula is C20H29N7O. The van der Waals surface area contributed by atoms with Crippen LogP contribution >= 0.6 is 0 Å². The lowest BCUT2D eigenvalue weighted by atomic mass is 10.2. The predicted molar refractivity (Wildman–Crippen MR) is 112 cm³/mol. The molecular weight excluding hydrogens is 354 g/mol. The van der Waals surface area contributed by atoms with E-state index in [9.17, 15) is 4.79 Å². The molecule has 1 aromatic carbocycles. The van der Waals surface area contributed by atoms with Crippen LogP contribution in [0.15, 0.2) is 30.3 Å². The lowest BCUT2D eigenvalue weighted by Gasteiger charge is -2.11. The van der Waals surface area contributed by atoms with Crippen molar-refractivity contribution in [3.8, 4) is 11.4 Å². The van der Waals surface area contributed by atoms with E-state index in [1.807, 2.05) is 24.3 Å². The first kappa shape index (κ1) is 20.0. The Balaban J connectivity index is 1.57. The minimum Gasteiger partial charge on any atom is -0.384 e. The monoisotopic (exact) mass is 383 g/mol. The number of carbonyl (C=O) groups excluding carboxylic acids is 1. The summed E-state index contributed by atoms with van der Waals surface area (Å²) in [6, 6.07) is 9.40. The fourth-order valence-electron chi connectivity index (χ4n) is 2.76. The summed E-state index contributed by atoms with van der Waals surface area (Å²) in [6.45, 7) is 2.61. The molecule has 0 bridgehead atoms. The highest BCUT2D eigenvalue weighted by molar-refractivity contribution is 5.89. The zero-order valence-corrected chi connectivity index (χ0v) is 16.5. The Morgan fingerprint density at radius 3 is 2.64 bits per heavy atom. The lowest BCUT2D eigenvalue weighted by Crippen LogP contribution is -2.30. The maximum absolute atomic E-state index is 11.8. The Bertz CT molecular complexity index is 788. The number of urea groups is 1. The molecule has 28 heavy (non-hydrogen) atoms. The maximum atomic E-state index is 11.8. The summed E-state index contributed by atoms with van der Waals surface area (Å²) in [4.78, 5) is 22.9. The predicted octanol–water partition coefficient (Wildman–Crippen LogP) is 2.05. The molecule has 1 fully saturated rings. The van der Waals surface area contributed by atoms with Gasteiger partial charge in [-0.15, -0.1) is 0 Å². The van der Waals surface area contributed by atoms with E-state index in [1.165, 1.54) is 0 Å². The van der Waals surface area contributed by atoms with Crippen molar-refractivity contribution in [2.24, 2.45) is 0 Å². The number of anilines is 2. The Labute approximate surface area is 165 Å². The molecule has 2 amide bonds. The van der Waals surface area contributed by atoms with Crippen LogP contribution in [0.1, 0.15) is 25.0 Å². The third-order valence-corrected chi connectivity index (χ3v) is 4.38. The van der Waals surface area contributed by atoms with Gasteiger partial charge in [0.25, 0.3) is 0 Å². The van der Waals surface area contributed by atoms with E-state index in [1.54, 1.807) is 6.07 Å². The number of nitrogens with two attached hydrogens (primary N) is 1. The molecule has 0 saturated heterocycles. The minimum atomic E-state index is -0.168. The minimum absolute atomic E-state index is 0.168.